The smallest absolute Gasteiger partial charge is 0.230 e. The first-order valence-corrected chi connectivity index (χ1v) is 8.29. The molecule has 2 N–H and O–H groups in total. The zero-order valence-electron chi connectivity index (χ0n) is 13.0. The van der Waals surface area contributed by atoms with E-state index in [0.717, 1.165) is 38.8 Å². The fourth-order valence-corrected chi connectivity index (χ4v) is 3.88. The molecule has 0 spiro atoms. The van der Waals surface area contributed by atoms with Crippen molar-refractivity contribution < 1.29 is 4.79 Å². The Bertz CT molecular complexity index is 500. The summed E-state index contributed by atoms with van der Waals surface area (Å²) in [4.78, 5) is 12.9. The SMILES string of the molecule is Cc1cccc(C2(C(=O)NCC3CCCN3)CCCC2)c1. The molecule has 1 amide bonds. The largest absolute Gasteiger partial charge is 0.354 e. The molecule has 0 bridgehead atoms. The minimum atomic E-state index is -0.287. The van der Waals surface area contributed by atoms with E-state index in [2.05, 4.69) is 41.8 Å². The number of hydrogen-bond donors (Lipinski definition) is 2. The van der Waals surface area contributed by atoms with Gasteiger partial charge in [0.05, 0.1) is 5.41 Å². The number of aryl methyl sites for hydroxylation is 1. The second kappa shape index (κ2) is 6.18. The Hall–Kier alpha value is -1.35. The third kappa shape index (κ3) is 2.98. The summed E-state index contributed by atoms with van der Waals surface area (Å²) in [7, 11) is 0. The highest BCUT2D eigenvalue weighted by atomic mass is 16.2. The quantitative estimate of drug-likeness (QED) is 0.893. The Morgan fingerprint density at radius 3 is 2.81 bits per heavy atom. The van der Waals surface area contributed by atoms with Crippen molar-refractivity contribution in [2.75, 3.05) is 13.1 Å². The highest BCUT2D eigenvalue weighted by molar-refractivity contribution is 5.88. The predicted octanol–water partition coefficient (Wildman–Crippen LogP) is 2.68. The van der Waals surface area contributed by atoms with Crippen LogP contribution in [0.3, 0.4) is 0 Å². The number of amides is 1. The maximum Gasteiger partial charge on any atom is 0.230 e. The van der Waals surface area contributed by atoms with Crippen LogP contribution in [-0.2, 0) is 10.2 Å². The van der Waals surface area contributed by atoms with Gasteiger partial charge in [0, 0.05) is 12.6 Å². The molecule has 2 aliphatic rings. The van der Waals surface area contributed by atoms with E-state index in [-0.39, 0.29) is 11.3 Å². The summed E-state index contributed by atoms with van der Waals surface area (Å²) in [6.07, 6.45) is 6.69. The second-order valence-corrected chi connectivity index (χ2v) is 6.66. The lowest BCUT2D eigenvalue weighted by Crippen LogP contribution is -2.46. The molecule has 3 nitrogen and oxygen atoms in total. The molecular weight excluding hydrogens is 260 g/mol. The van der Waals surface area contributed by atoms with Crippen molar-refractivity contribution in [2.24, 2.45) is 0 Å². The molecule has 3 heteroatoms. The van der Waals surface area contributed by atoms with Crippen molar-refractivity contribution in [3.63, 3.8) is 0 Å². The molecule has 2 fully saturated rings. The standard InChI is InChI=1S/C18H26N2O/c1-14-6-4-7-15(12-14)18(9-2-3-10-18)17(21)20-13-16-8-5-11-19-16/h4,6-7,12,16,19H,2-3,5,8-11,13H2,1H3,(H,20,21). The molecule has 1 atom stereocenters. The first kappa shape index (κ1) is 14.6. The molecule has 1 aromatic carbocycles. The van der Waals surface area contributed by atoms with Crippen LogP contribution in [0.2, 0.25) is 0 Å². The van der Waals surface area contributed by atoms with Crippen molar-refractivity contribution in [1.82, 2.24) is 10.6 Å². The minimum absolute atomic E-state index is 0.235. The van der Waals surface area contributed by atoms with Crippen LogP contribution < -0.4 is 10.6 Å². The molecule has 3 rings (SSSR count). The number of benzene rings is 1. The van der Waals surface area contributed by atoms with E-state index >= 15 is 0 Å². The topological polar surface area (TPSA) is 41.1 Å². The van der Waals surface area contributed by atoms with Crippen LogP contribution in [0.5, 0.6) is 0 Å². The van der Waals surface area contributed by atoms with Crippen LogP contribution in [0.15, 0.2) is 24.3 Å². The van der Waals surface area contributed by atoms with E-state index in [1.54, 1.807) is 0 Å². The molecular formula is C18H26N2O. The molecule has 1 unspecified atom stereocenters. The average molecular weight is 286 g/mol. The summed E-state index contributed by atoms with van der Waals surface area (Å²) in [5.41, 5.74) is 2.16. The molecule has 1 heterocycles. The van der Waals surface area contributed by atoms with Crippen LogP contribution in [0, 0.1) is 6.92 Å². The monoisotopic (exact) mass is 286 g/mol. The molecule has 1 saturated heterocycles. The zero-order valence-corrected chi connectivity index (χ0v) is 13.0. The van der Waals surface area contributed by atoms with Gasteiger partial charge in [0.15, 0.2) is 0 Å². The van der Waals surface area contributed by atoms with Crippen molar-refractivity contribution in [1.29, 1.82) is 0 Å². The van der Waals surface area contributed by atoms with Crippen LogP contribution in [-0.4, -0.2) is 25.0 Å². The highest BCUT2D eigenvalue weighted by Crippen LogP contribution is 2.41. The van der Waals surface area contributed by atoms with Gasteiger partial charge in [-0.3, -0.25) is 4.79 Å². The molecule has 1 aliphatic carbocycles. The second-order valence-electron chi connectivity index (χ2n) is 6.66. The summed E-state index contributed by atoms with van der Waals surface area (Å²) in [5.74, 6) is 0.235. The Morgan fingerprint density at radius 2 is 2.14 bits per heavy atom. The first-order chi connectivity index (χ1) is 10.2. The maximum absolute atomic E-state index is 12.9. The third-order valence-electron chi connectivity index (χ3n) is 5.13. The van der Waals surface area contributed by atoms with Gasteiger partial charge in [-0.05, 0) is 44.7 Å². The van der Waals surface area contributed by atoms with E-state index < -0.39 is 0 Å². The van der Waals surface area contributed by atoms with Crippen LogP contribution in [0.4, 0.5) is 0 Å². The Morgan fingerprint density at radius 1 is 1.33 bits per heavy atom. The first-order valence-electron chi connectivity index (χ1n) is 8.29. The van der Waals surface area contributed by atoms with E-state index in [9.17, 15) is 4.79 Å². The summed E-state index contributed by atoms with van der Waals surface area (Å²) >= 11 is 0. The van der Waals surface area contributed by atoms with Gasteiger partial charge < -0.3 is 10.6 Å². The van der Waals surface area contributed by atoms with Gasteiger partial charge in [-0.15, -0.1) is 0 Å². The molecule has 21 heavy (non-hydrogen) atoms. The number of nitrogens with one attached hydrogen (secondary N) is 2. The third-order valence-corrected chi connectivity index (χ3v) is 5.13. The van der Waals surface area contributed by atoms with E-state index in [1.807, 2.05) is 0 Å². The lowest BCUT2D eigenvalue weighted by Gasteiger charge is -2.29. The molecule has 0 radical (unpaired) electrons. The van der Waals surface area contributed by atoms with Crippen molar-refractivity contribution in [3.05, 3.63) is 35.4 Å². The fourth-order valence-electron chi connectivity index (χ4n) is 3.88. The van der Waals surface area contributed by atoms with E-state index in [4.69, 9.17) is 0 Å². The molecule has 0 aromatic heterocycles. The average Bonchev–Trinajstić information content (AvgIpc) is 3.17. The number of carbonyl (C=O) groups excluding carboxylic acids is 1. The predicted molar refractivity (Wildman–Crippen MR) is 85.4 cm³/mol. The fraction of sp³-hybridized carbons (Fsp3) is 0.611. The molecule has 114 valence electrons. The Labute approximate surface area is 127 Å². The Kier molecular flexibility index (Phi) is 4.29. The van der Waals surface area contributed by atoms with Gasteiger partial charge in [-0.2, -0.15) is 0 Å². The molecule has 1 aliphatic heterocycles. The van der Waals surface area contributed by atoms with Crippen molar-refractivity contribution in [2.45, 2.75) is 56.9 Å². The lowest BCUT2D eigenvalue weighted by molar-refractivity contribution is -0.126. The van der Waals surface area contributed by atoms with Gasteiger partial charge in [-0.25, -0.2) is 0 Å². The van der Waals surface area contributed by atoms with Crippen LogP contribution in [0.25, 0.3) is 0 Å². The van der Waals surface area contributed by atoms with Gasteiger partial charge in [0.1, 0.15) is 0 Å². The van der Waals surface area contributed by atoms with Crippen LogP contribution >= 0.6 is 0 Å². The summed E-state index contributed by atoms with van der Waals surface area (Å²) < 4.78 is 0. The Balaban J connectivity index is 1.75. The lowest BCUT2D eigenvalue weighted by atomic mass is 9.77. The molecule has 1 saturated carbocycles. The van der Waals surface area contributed by atoms with Crippen LogP contribution in [0.1, 0.15) is 49.7 Å². The summed E-state index contributed by atoms with van der Waals surface area (Å²) in [6, 6.07) is 8.97. The highest BCUT2D eigenvalue weighted by Gasteiger charge is 2.42. The number of hydrogen-bond acceptors (Lipinski definition) is 2. The van der Waals surface area contributed by atoms with E-state index in [0.29, 0.717) is 6.04 Å². The van der Waals surface area contributed by atoms with Gasteiger partial charge in [-0.1, -0.05) is 42.7 Å². The summed E-state index contributed by atoms with van der Waals surface area (Å²) in [6.45, 7) is 3.96. The van der Waals surface area contributed by atoms with E-state index in [1.165, 1.54) is 24.0 Å². The van der Waals surface area contributed by atoms with Crippen molar-refractivity contribution >= 4 is 5.91 Å². The zero-order chi connectivity index (χ0) is 14.7. The van der Waals surface area contributed by atoms with Gasteiger partial charge in [0.2, 0.25) is 5.91 Å². The van der Waals surface area contributed by atoms with Gasteiger partial charge in [0.25, 0.3) is 0 Å². The van der Waals surface area contributed by atoms with Crippen molar-refractivity contribution in [3.8, 4) is 0 Å². The normalized spacial score (nSPS) is 24.1. The summed E-state index contributed by atoms with van der Waals surface area (Å²) in [5, 5.41) is 6.67. The number of rotatable bonds is 4. The maximum atomic E-state index is 12.9. The van der Waals surface area contributed by atoms with Gasteiger partial charge >= 0.3 is 0 Å². The molecule has 1 aromatic rings. The number of carbonyl (C=O) groups is 1. The minimum Gasteiger partial charge on any atom is -0.354 e.